The molecule has 25 heavy (non-hydrogen) atoms. The van der Waals surface area contributed by atoms with Crippen LogP contribution in [-0.4, -0.2) is 27.3 Å². The molecule has 1 N–H and O–H groups in total. The fraction of sp³-hybridized carbons (Fsp3) is 0.250. The van der Waals surface area contributed by atoms with Crippen LogP contribution in [0.15, 0.2) is 42.7 Å². The van der Waals surface area contributed by atoms with Crippen molar-refractivity contribution in [3.63, 3.8) is 0 Å². The third kappa shape index (κ3) is 4.12. The smallest absolute Gasteiger partial charge is 0.177 e. The molecule has 0 fully saturated rings. The van der Waals surface area contributed by atoms with Crippen molar-refractivity contribution >= 4 is 5.78 Å². The molecule has 0 radical (unpaired) electrons. The lowest BCUT2D eigenvalue weighted by Crippen LogP contribution is -2.15. The van der Waals surface area contributed by atoms with E-state index in [1.165, 1.54) is 5.56 Å². The van der Waals surface area contributed by atoms with Gasteiger partial charge >= 0.3 is 0 Å². The molecule has 0 atom stereocenters. The Morgan fingerprint density at radius 1 is 1.12 bits per heavy atom. The van der Waals surface area contributed by atoms with Gasteiger partial charge in [-0.2, -0.15) is 0 Å². The minimum atomic E-state index is -0.0266. The van der Waals surface area contributed by atoms with Crippen molar-refractivity contribution in [2.45, 2.75) is 27.2 Å². The monoisotopic (exact) mass is 335 g/mol. The number of nitrogens with one attached hydrogen (secondary N) is 1. The first kappa shape index (κ1) is 16.9. The van der Waals surface area contributed by atoms with Crippen LogP contribution >= 0.6 is 0 Å². The third-order valence-corrected chi connectivity index (χ3v) is 3.92. The third-order valence-electron chi connectivity index (χ3n) is 3.92. The summed E-state index contributed by atoms with van der Waals surface area (Å²) in [6.45, 7) is 6.06. The topological polar surface area (TPSA) is 67.9 Å². The molecule has 0 saturated heterocycles. The Kier molecular flexibility index (Phi) is 4.93. The van der Waals surface area contributed by atoms with Gasteiger partial charge in [0.15, 0.2) is 5.78 Å². The largest absolute Gasteiger partial charge is 0.485 e. The number of H-pyrrole nitrogens is 1. The highest BCUT2D eigenvalue weighted by Crippen LogP contribution is 2.24. The SMILES string of the molecule is Cc1cc(C)c(OCC(=O)Cc2ncc(-c3ccccn3)[nH]2)c(C)c1. The van der Waals surface area contributed by atoms with E-state index < -0.39 is 0 Å². The van der Waals surface area contributed by atoms with Gasteiger partial charge in [0.1, 0.15) is 18.2 Å². The predicted octanol–water partition coefficient (Wildman–Crippen LogP) is 3.59. The van der Waals surface area contributed by atoms with Crippen LogP contribution in [-0.2, 0) is 11.2 Å². The van der Waals surface area contributed by atoms with E-state index in [0.717, 1.165) is 28.3 Å². The number of ether oxygens (including phenoxy) is 1. The highest BCUT2D eigenvalue weighted by molar-refractivity contribution is 5.81. The van der Waals surface area contributed by atoms with Gasteiger partial charge in [-0.15, -0.1) is 0 Å². The molecule has 3 rings (SSSR count). The van der Waals surface area contributed by atoms with Gasteiger partial charge in [0.05, 0.1) is 24.0 Å². The Hall–Kier alpha value is -2.95. The summed E-state index contributed by atoms with van der Waals surface area (Å²) in [5.74, 6) is 1.38. The number of carbonyl (C=O) groups is 1. The summed E-state index contributed by atoms with van der Waals surface area (Å²) >= 11 is 0. The van der Waals surface area contributed by atoms with E-state index in [1.807, 2.05) is 39.0 Å². The molecule has 0 unspecified atom stereocenters. The number of imidazole rings is 1. The van der Waals surface area contributed by atoms with Gasteiger partial charge in [-0.25, -0.2) is 4.98 Å². The molecule has 0 amide bonds. The number of aromatic nitrogens is 3. The van der Waals surface area contributed by atoms with E-state index in [2.05, 4.69) is 27.1 Å². The van der Waals surface area contributed by atoms with Gasteiger partial charge < -0.3 is 9.72 Å². The predicted molar refractivity (Wildman–Crippen MR) is 96.7 cm³/mol. The fourth-order valence-electron chi connectivity index (χ4n) is 2.89. The molecule has 0 aliphatic carbocycles. The summed E-state index contributed by atoms with van der Waals surface area (Å²) in [7, 11) is 0. The molecular weight excluding hydrogens is 314 g/mol. The standard InChI is InChI=1S/C20H21N3O2/c1-13-8-14(2)20(15(3)9-13)25-12-16(24)10-19-22-11-18(23-19)17-6-4-5-7-21-17/h4-9,11H,10,12H2,1-3H3,(H,22,23). The van der Waals surface area contributed by atoms with E-state index in [1.54, 1.807) is 12.4 Å². The lowest BCUT2D eigenvalue weighted by molar-refractivity contribution is -0.120. The lowest BCUT2D eigenvalue weighted by atomic mass is 10.1. The zero-order valence-electron chi connectivity index (χ0n) is 14.7. The summed E-state index contributed by atoms with van der Waals surface area (Å²) in [5, 5.41) is 0. The summed E-state index contributed by atoms with van der Waals surface area (Å²) in [5.41, 5.74) is 4.87. The molecular formula is C20H21N3O2. The first-order chi connectivity index (χ1) is 12.0. The molecule has 0 aliphatic rings. The van der Waals surface area contributed by atoms with Crippen molar-refractivity contribution < 1.29 is 9.53 Å². The minimum absolute atomic E-state index is 0.0266. The summed E-state index contributed by atoms with van der Waals surface area (Å²) in [6, 6.07) is 9.77. The number of rotatable bonds is 6. The number of carbonyl (C=O) groups excluding carboxylic acids is 1. The number of pyridine rings is 1. The molecule has 1 aromatic carbocycles. The molecule has 0 bridgehead atoms. The highest BCUT2D eigenvalue weighted by Gasteiger charge is 2.12. The first-order valence-corrected chi connectivity index (χ1v) is 8.20. The number of Topliss-reactive ketones (excluding diaryl/α,β-unsaturated/α-hetero) is 1. The van der Waals surface area contributed by atoms with Gasteiger partial charge in [-0.05, 0) is 44.0 Å². The number of ketones is 1. The Bertz CT molecular complexity index is 862. The van der Waals surface area contributed by atoms with Crippen LogP contribution in [0.25, 0.3) is 11.4 Å². The number of hydrogen-bond acceptors (Lipinski definition) is 4. The summed E-state index contributed by atoms with van der Waals surface area (Å²) < 4.78 is 5.74. The van der Waals surface area contributed by atoms with Crippen LogP contribution < -0.4 is 4.74 Å². The Labute approximate surface area is 147 Å². The molecule has 2 aromatic heterocycles. The molecule has 5 heteroatoms. The van der Waals surface area contributed by atoms with Gasteiger partial charge in [-0.3, -0.25) is 9.78 Å². The number of nitrogens with zero attached hydrogens (tertiary/aromatic N) is 2. The van der Waals surface area contributed by atoms with Gasteiger partial charge in [0.25, 0.3) is 0 Å². The average Bonchev–Trinajstić information content (AvgIpc) is 3.03. The maximum absolute atomic E-state index is 12.2. The van der Waals surface area contributed by atoms with Crippen LogP contribution in [0.3, 0.4) is 0 Å². The lowest BCUT2D eigenvalue weighted by Gasteiger charge is -2.12. The minimum Gasteiger partial charge on any atom is -0.485 e. The van der Waals surface area contributed by atoms with Crippen molar-refractivity contribution in [1.29, 1.82) is 0 Å². The van der Waals surface area contributed by atoms with E-state index >= 15 is 0 Å². The van der Waals surface area contributed by atoms with Crippen LogP contribution in [0.1, 0.15) is 22.5 Å². The Morgan fingerprint density at radius 3 is 2.56 bits per heavy atom. The van der Waals surface area contributed by atoms with Crippen LogP contribution in [0.4, 0.5) is 0 Å². The summed E-state index contributed by atoms with van der Waals surface area (Å²) in [4.78, 5) is 23.9. The molecule has 0 saturated carbocycles. The van der Waals surface area contributed by atoms with E-state index in [9.17, 15) is 4.79 Å². The van der Waals surface area contributed by atoms with Crippen LogP contribution in [0.2, 0.25) is 0 Å². The van der Waals surface area contributed by atoms with Crippen molar-refractivity contribution in [3.8, 4) is 17.1 Å². The number of hydrogen-bond donors (Lipinski definition) is 1. The zero-order chi connectivity index (χ0) is 17.8. The molecule has 5 nitrogen and oxygen atoms in total. The average molecular weight is 335 g/mol. The van der Waals surface area contributed by atoms with Crippen molar-refractivity contribution in [3.05, 3.63) is 65.2 Å². The quantitative estimate of drug-likeness (QED) is 0.747. The van der Waals surface area contributed by atoms with Crippen molar-refractivity contribution in [1.82, 2.24) is 15.0 Å². The second-order valence-corrected chi connectivity index (χ2v) is 6.19. The van der Waals surface area contributed by atoms with Crippen LogP contribution in [0.5, 0.6) is 5.75 Å². The normalized spacial score (nSPS) is 10.7. The molecule has 0 aliphatic heterocycles. The highest BCUT2D eigenvalue weighted by atomic mass is 16.5. The number of benzene rings is 1. The molecule has 3 aromatic rings. The van der Waals surface area contributed by atoms with E-state index in [-0.39, 0.29) is 18.8 Å². The van der Waals surface area contributed by atoms with E-state index in [0.29, 0.717) is 5.82 Å². The van der Waals surface area contributed by atoms with Gasteiger partial charge in [0, 0.05) is 6.20 Å². The number of aryl methyl sites for hydroxylation is 3. The van der Waals surface area contributed by atoms with Gasteiger partial charge in [-0.1, -0.05) is 23.8 Å². The fourth-order valence-corrected chi connectivity index (χ4v) is 2.89. The van der Waals surface area contributed by atoms with Crippen molar-refractivity contribution in [2.24, 2.45) is 0 Å². The van der Waals surface area contributed by atoms with Gasteiger partial charge in [0.2, 0.25) is 0 Å². The Balaban J connectivity index is 1.61. The molecule has 128 valence electrons. The second kappa shape index (κ2) is 7.30. The van der Waals surface area contributed by atoms with E-state index in [4.69, 9.17) is 4.74 Å². The maximum Gasteiger partial charge on any atom is 0.177 e. The zero-order valence-corrected chi connectivity index (χ0v) is 14.7. The Morgan fingerprint density at radius 2 is 1.88 bits per heavy atom. The summed E-state index contributed by atoms with van der Waals surface area (Å²) in [6.07, 6.45) is 3.62. The number of aromatic amines is 1. The molecule has 0 spiro atoms. The van der Waals surface area contributed by atoms with Crippen molar-refractivity contribution in [2.75, 3.05) is 6.61 Å². The van der Waals surface area contributed by atoms with Crippen LogP contribution in [0, 0.1) is 20.8 Å². The molecule has 2 heterocycles. The first-order valence-electron chi connectivity index (χ1n) is 8.20. The second-order valence-electron chi connectivity index (χ2n) is 6.19. The maximum atomic E-state index is 12.2.